The number of esters is 1. The SMILES string of the molecule is CC1CN(S(=O)(=O)C(F)(F)F)C2(OC(=O)C3(CCCCC3)C3C=CN(S(=O)(=O)C(F)(F)F)C=C32)O1. The molecular formula is C18H20F6N2O7S2. The van der Waals surface area contributed by atoms with Crippen molar-refractivity contribution in [2.45, 2.75) is 62.1 Å². The van der Waals surface area contributed by atoms with E-state index in [4.69, 9.17) is 9.47 Å². The van der Waals surface area contributed by atoms with Gasteiger partial charge >= 0.3 is 42.9 Å². The van der Waals surface area contributed by atoms with E-state index in [9.17, 15) is 48.0 Å². The third kappa shape index (κ3) is 3.68. The zero-order valence-corrected chi connectivity index (χ0v) is 19.6. The van der Waals surface area contributed by atoms with Crippen LogP contribution in [-0.4, -0.2) is 61.0 Å². The van der Waals surface area contributed by atoms with E-state index in [1.165, 1.54) is 6.92 Å². The lowest BCUT2D eigenvalue weighted by molar-refractivity contribution is -0.263. The van der Waals surface area contributed by atoms with Crippen molar-refractivity contribution in [3.8, 4) is 0 Å². The minimum atomic E-state index is -6.24. The van der Waals surface area contributed by atoms with E-state index in [1.54, 1.807) is 0 Å². The van der Waals surface area contributed by atoms with E-state index >= 15 is 0 Å². The maximum Gasteiger partial charge on any atom is 0.517 e. The van der Waals surface area contributed by atoms with Gasteiger partial charge in [0.15, 0.2) is 0 Å². The number of ether oxygens (including phenoxy) is 2. The van der Waals surface area contributed by atoms with Crippen LogP contribution in [-0.2, 0) is 34.3 Å². The zero-order chi connectivity index (χ0) is 26.2. The molecule has 3 aliphatic heterocycles. The van der Waals surface area contributed by atoms with Crippen LogP contribution in [0.5, 0.6) is 0 Å². The summed E-state index contributed by atoms with van der Waals surface area (Å²) < 4.78 is 139. The molecule has 1 saturated carbocycles. The fourth-order valence-electron chi connectivity index (χ4n) is 5.07. The Morgan fingerprint density at radius 3 is 2.09 bits per heavy atom. The predicted octanol–water partition coefficient (Wildman–Crippen LogP) is 2.90. The molecule has 1 aliphatic carbocycles. The Morgan fingerprint density at radius 1 is 0.971 bits per heavy atom. The standard InChI is InChI=1S/C18H20F6N2O7S2/c1-11-9-26(35(30,31)18(22,23)24)16(32-11)13-10-25(34(28,29)17(19,20)21)8-5-12(13)15(14(27)33-16)6-3-2-4-7-15/h5,8,10-12H,2-4,6-7,9H2,1H3. The Bertz CT molecular complexity index is 1190. The van der Waals surface area contributed by atoms with Gasteiger partial charge in [-0.1, -0.05) is 25.3 Å². The van der Waals surface area contributed by atoms with Gasteiger partial charge in [0.1, 0.15) is 0 Å². The second-order valence-electron chi connectivity index (χ2n) is 8.78. The van der Waals surface area contributed by atoms with Crippen LogP contribution in [0.1, 0.15) is 39.0 Å². The van der Waals surface area contributed by atoms with Crippen LogP contribution in [0.3, 0.4) is 0 Å². The normalized spacial score (nSPS) is 32.0. The topological polar surface area (TPSA) is 110 Å². The van der Waals surface area contributed by atoms with Gasteiger partial charge in [-0.2, -0.15) is 34.8 Å². The fourth-order valence-corrected chi connectivity index (χ4v) is 6.95. The summed E-state index contributed by atoms with van der Waals surface area (Å²) in [4.78, 5) is 13.3. The van der Waals surface area contributed by atoms with Gasteiger partial charge < -0.3 is 9.47 Å². The summed E-state index contributed by atoms with van der Waals surface area (Å²) in [5, 5.41) is 0. The number of carbonyl (C=O) groups is 1. The lowest BCUT2D eigenvalue weighted by Gasteiger charge is -2.52. The molecule has 0 aromatic heterocycles. The number of allylic oxidation sites excluding steroid dienone is 1. The fraction of sp³-hybridized carbons (Fsp3) is 0.722. The van der Waals surface area contributed by atoms with Crippen molar-refractivity contribution >= 4 is 26.0 Å². The van der Waals surface area contributed by atoms with Crippen LogP contribution >= 0.6 is 0 Å². The number of carbonyl (C=O) groups excluding carboxylic acids is 1. The first-order chi connectivity index (χ1) is 15.9. The van der Waals surface area contributed by atoms with Gasteiger partial charge in [0.05, 0.1) is 11.5 Å². The molecule has 17 heteroatoms. The maximum atomic E-state index is 13.5. The molecule has 35 heavy (non-hydrogen) atoms. The largest absolute Gasteiger partial charge is 0.517 e. The molecule has 0 N–H and O–H groups in total. The van der Waals surface area contributed by atoms with Gasteiger partial charge in [-0.05, 0) is 19.8 Å². The van der Waals surface area contributed by atoms with Crippen LogP contribution in [0.2, 0.25) is 0 Å². The summed E-state index contributed by atoms with van der Waals surface area (Å²) in [6.45, 7) is 0.215. The predicted molar refractivity (Wildman–Crippen MR) is 104 cm³/mol. The first-order valence-corrected chi connectivity index (χ1v) is 13.3. The highest BCUT2D eigenvalue weighted by Crippen LogP contribution is 2.58. The summed E-state index contributed by atoms with van der Waals surface area (Å²) in [6.07, 6.45) is 2.47. The van der Waals surface area contributed by atoms with Crippen molar-refractivity contribution in [3.63, 3.8) is 0 Å². The highest BCUT2D eigenvalue weighted by atomic mass is 32.2. The lowest BCUT2D eigenvalue weighted by atomic mass is 9.61. The number of rotatable bonds is 2. The Balaban J connectivity index is 1.95. The third-order valence-corrected chi connectivity index (χ3v) is 9.56. The molecular weight excluding hydrogens is 534 g/mol. The van der Waals surface area contributed by atoms with Gasteiger partial charge in [-0.25, -0.2) is 12.7 Å². The molecule has 3 heterocycles. The van der Waals surface area contributed by atoms with Crippen LogP contribution in [0.4, 0.5) is 26.3 Å². The third-order valence-electron chi connectivity index (χ3n) is 6.64. The summed E-state index contributed by atoms with van der Waals surface area (Å²) in [5.41, 5.74) is -13.8. The van der Waals surface area contributed by atoms with Crippen LogP contribution in [0.15, 0.2) is 24.0 Å². The zero-order valence-electron chi connectivity index (χ0n) is 18.0. The van der Waals surface area contributed by atoms with E-state index in [0.29, 0.717) is 31.7 Å². The second-order valence-corrected chi connectivity index (χ2v) is 12.5. The van der Waals surface area contributed by atoms with E-state index < -0.39 is 72.5 Å². The Hall–Kier alpha value is -1.85. The molecule has 0 radical (unpaired) electrons. The second kappa shape index (κ2) is 7.82. The van der Waals surface area contributed by atoms with Crippen molar-refractivity contribution in [2.75, 3.05) is 6.54 Å². The quantitative estimate of drug-likeness (QED) is 0.381. The number of nitrogens with zero attached hydrogens (tertiary/aromatic N) is 2. The van der Waals surface area contributed by atoms with E-state index in [1.807, 2.05) is 0 Å². The smallest absolute Gasteiger partial charge is 0.413 e. The first-order valence-electron chi connectivity index (χ1n) is 10.4. The Morgan fingerprint density at radius 2 is 1.54 bits per heavy atom. The molecule has 3 atom stereocenters. The number of halogens is 6. The van der Waals surface area contributed by atoms with Crippen LogP contribution < -0.4 is 0 Å². The average Bonchev–Trinajstić information content (AvgIpc) is 3.08. The summed E-state index contributed by atoms with van der Waals surface area (Å²) in [7, 11) is -12.3. The number of sulfonamides is 2. The number of hydrogen-bond donors (Lipinski definition) is 0. The van der Waals surface area contributed by atoms with Crippen LogP contribution in [0, 0.1) is 11.3 Å². The summed E-state index contributed by atoms with van der Waals surface area (Å²) in [5.74, 6) is -5.48. The highest BCUT2D eigenvalue weighted by molar-refractivity contribution is 7.90. The molecule has 3 fully saturated rings. The first kappa shape index (κ1) is 26.2. The highest BCUT2D eigenvalue weighted by Gasteiger charge is 2.71. The van der Waals surface area contributed by atoms with Crippen molar-refractivity contribution < 1.29 is 57.4 Å². The van der Waals surface area contributed by atoms with Gasteiger partial charge in [0.2, 0.25) is 0 Å². The molecule has 0 aromatic carbocycles. The summed E-state index contributed by atoms with van der Waals surface area (Å²) in [6, 6.07) is 0. The maximum absolute atomic E-state index is 13.5. The molecule has 4 rings (SSSR count). The molecule has 2 saturated heterocycles. The van der Waals surface area contributed by atoms with Crippen LogP contribution in [0.25, 0.3) is 0 Å². The van der Waals surface area contributed by atoms with E-state index in [-0.39, 0.29) is 21.5 Å². The van der Waals surface area contributed by atoms with Crippen molar-refractivity contribution in [3.05, 3.63) is 24.0 Å². The van der Waals surface area contributed by atoms with E-state index in [2.05, 4.69) is 0 Å². The van der Waals surface area contributed by atoms with Gasteiger partial charge in [-0.3, -0.25) is 4.79 Å². The molecule has 3 unspecified atom stereocenters. The van der Waals surface area contributed by atoms with Crippen molar-refractivity contribution in [1.82, 2.24) is 8.61 Å². The molecule has 0 bridgehead atoms. The van der Waals surface area contributed by atoms with Gasteiger partial charge in [0, 0.05) is 30.4 Å². The Labute approximate surface area is 196 Å². The molecule has 4 aliphatic rings. The number of alkyl halides is 6. The lowest BCUT2D eigenvalue weighted by Crippen LogP contribution is -2.64. The molecule has 9 nitrogen and oxygen atoms in total. The van der Waals surface area contributed by atoms with Gasteiger partial charge in [-0.15, -0.1) is 4.31 Å². The molecule has 2 spiro atoms. The minimum Gasteiger partial charge on any atom is -0.413 e. The average molecular weight is 554 g/mol. The van der Waals surface area contributed by atoms with E-state index in [0.717, 1.165) is 6.08 Å². The van der Waals surface area contributed by atoms with Crippen molar-refractivity contribution in [1.29, 1.82) is 0 Å². The number of fused-ring (bicyclic) bond motifs is 3. The van der Waals surface area contributed by atoms with Crippen molar-refractivity contribution in [2.24, 2.45) is 11.3 Å². The van der Waals surface area contributed by atoms with Gasteiger partial charge in [0.25, 0.3) is 0 Å². The molecule has 198 valence electrons. The molecule has 0 amide bonds. The Kier molecular flexibility index (Phi) is 5.86. The number of hydrogen-bond acceptors (Lipinski definition) is 7. The molecule has 0 aromatic rings. The minimum absolute atomic E-state index is 0.141. The monoisotopic (exact) mass is 554 g/mol. The summed E-state index contributed by atoms with van der Waals surface area (Å²) >= 11 is 0.